The summed E-state index contributed by atoms with van der Waals surface area (Å²) in [5.74, 6) is -1.78. The molecule has 0 saturated carbocycles. The quantitative estimate of drug-likeness (QED) is 0.0552. The van der Waals surface area contributed by atoms with Crippen molar-refractivity contribution in [1.29, 1.82) is 0 Å². The summed E-state index contributed by atoms with van der Waals surface area (Å²) >= 11 is 0. The minimum atomic E-state index is -1.35. The summed E-state index contributed by atoms with van der Waals surface area (Å²) in [6.45, 7) is 14.9. The Morgan fingerprint density at radius 3 is 1.23 bits per heavy atom. The summed E-state index contributed by atoms with van der Waals surface area (Å²) in [5, 5.41) is 50.9. The number of hydrogen-bond acceptors (Lipinski definition) is 16. The van der Waals surface area contributed by atoms with Gasteiger partial charge in [0.25, 0.3) is 0 Å². The summed E-state index contributed by atoms with van der Waals surface area (Å²) in [6, 6.07) is 60.8. The Labute approximate surface area is 598 Å². The highest BCUT2D eigenvalue weighted by atomic mass is 16.6. The van der Waals surface area contributed by atoms with Crippen molar-refractivity contribution in [1.82, 2.24) is 0 Å². The van der Waals surface area contributed by atoms with E-state index in [1.807, 2.05) is 82.3 Å². The molecular weight excluding hydrogens is 1330 g/mol. The standard InChI is InChI=1S/C34H24O7.C30H20O5.C18H12O3.C6H6O2/c1-17-23-7-5-6-8-24(23)18(2)26-16-30-27(15-25(17)26)33(37)41-34(30)28-11-9-21(38-19(3)35)13-31(28)40-32-14-22(39-20(4)36)10-12-29(32)34;1-15-19-5-3-4-6-20(19)16(2)24-14-26(30(33)34)25(13-23(15)24)29-21-9-7-17(31)11-27(21)35-28-12-18(32)8-10-22(28)29;1-9-11-5-3-4-6-12(11)10(2)14-8-16-15(7-13(9)14)17(19)21-18(16)20;7-5-2-1-3-6(8)4-5/h5-16H,1-4H3;3-14,31H,1-2H3,(H,33,34);3-8H,1-2H3;1-4,7-8H. The first kappa shape index (κ1) is 67.2. The SMILES string of the molecule is CC(=O)Oc1ccc2c(c1)Oc1cc(OC(C)=O)ccc1C21OC(=O)c2cc3c(C)c4ccccc4c(C)c3cc21.Cc1c2ccccc2c(C)c2cc(-c3c4ccc(=O)cc-4oc4cc(O)ccc34)c(C(=O)O)cc12.Cc1c2ccccc2c(C)c2cc3c(cc12)C(=O)OC3=O.Oc1cccc(O)c1. The van der Waals surface area contributed by atoms with Crippen LogP contribution in [0.2, 0.25) is 0 Å². The van der Waals surface area contributed by atoms with Gasteiger partial charge in [0.05, 0.1) is 22.3 Å². The number of fused-ring (bicyclic) bond motifs is 15. The molecule has 105 heavy (non-hydrogen) atoms. The van der Waals surface area contributed by atoms with E-state index in [0.29, 0.717) is 78.3 Å². The molecule has 1 spiro atoms. The number of phenols is 3. The molecule has 13 aromatic rings. The second-order valence-corrected chi connectivity index (χ2v) is 26.2. The van der Waals surface area contributed by atoms with Gasteiger partial charge in [-0.2, -0.15) is 0 Å². The molecule has 0 aromatic heterocycles. The fourth-order valence-electron chi connectivity index (χ4n) is 15.1. The van der Waals surface area contributed by atoms with E-state index in [2.05, 4.69) is 50.2 Å². The van der Waals surface area contributed by atoms with Gasteiger partial charge in [-0.1, -0.05) is 78.9 Å². The van der Waals surface area contributed by atoms with E-state index in [1.165, 1.54) is 61.0 Å². The number of aryl methyl sites for hydroxylation is 6. The number of ether oxygens (including phenoxy) is 5. The van der Waals surface area contributed by atoms with Gasteiger partial charge in [0, 0.05) is 77.4 Å². The Morgan fingerprint density at radius 2 is 0.790 bits per heavy atom. The van der Waals surface area contributed by atoms with E-state index in [1.54, 1.807) is 78.9 Å². The molecule has 0 bridgehead atoms. The lowest BCUT2D eigenvalue weighted by atomic mass is 9.76. The topological polar surface area (TPSA) is 260 Å². The average Bonchev–Trinajstić information content (AvgIpc) is 1.59. The van der Waals surface area contributed by atoms with Crippen LogP contribution in [-0.2, 0) is 24.7 Å². The first-order valence-corrected chi connectivity index (χ1v) is 33.5. The van der Waals surface area contributed by atoms with Crippen LogP contribution in [0.4, 0.5) is 0 Å². The third kappa shape index (κ3) is 11.4. The van der Waals surface area contributed by atoms with Crippen molar-refractivity contribution >= 4 is 111 Å². The van der Waals surface area contributed by atoms with Gasteiger partial charge in [0.1, 0.15) is 51.6 Å². The van der Waals surface area contributed by atoms with Crippen LogP contribution in [0.1, 0.15) is 105 Å². The lowest BCUT2D eigenvalue weighted by Crippen LogP contribution is -2.33. The maximum Gasteiger partial charge on any atom is 0.346 e. The summed E-state index contributed by atoms with van der Waals surface area (Å²) in [5.41, 5.74) is 10.3. The fraction of sp³-hybridized carbons (Fsp3) is 0.102. The third-order valence-electron chi connectivity index (χ3n) is 20.0. The van der Waals surface area contributed by atoms with Crippen LogP contribution < -0.4 is 19.6 Å². The summed E-state index contributed by atoms with van der Waals surface area (Å²) in [7, 11) is 0. The molecule has 5 aliphatic rings. The molecule has 0 saturated heterocycles. The van der Waals surface area contributed by atoms with Crippen molar-refractivity contribution in [3.63, 3.8) is 0 Å². The van der Waals surface area contributed by atoms with E-state index in [0.717, 1.165) is 87.2 Å². The van der Waals surface area contributed by atoms with E-state index in [4.69, 9.17) is 38.3 Å². The van der Waals surface area contributed by atoms with Crippen molar-refractivity contribution in [3.05, 3.63) is 289 Å². The van der Waals surface area contributed by atoms with Crippen molar-refractivity contribution in [2.75, 3.05) is 0 Å². The number of benzene rings is 14. The number of rotatable bonds is 4. The van der Waals surface area contributed by atoms with Gasteiger partial charge in [0.2, 0.25) is 0 Å². The molecule has 4 N–H and O–H groups in total. The molecular formula is C88H62O17. The largest absolute Gasteiger partial charge is 0.508 e. The molecule has 1 aliphatic carbocycles. The number of carbonyl (C=O) groups excluding carboxylic acids is 5. The zero-order chi connectivity index (χ0) is 73.8. The fourth-order valence-corrected chi connectivity index (χ4v) is 15.1. The van der Waals surface area contributed by atoms with Crippen molar-refractivity contribution < 1.29 is 77.3 Å². The average molecular weight is 1390 g/mol. The highest BCUT2D eigenvalue weighted by molar-refractivity contribution is 6.20. The van der Waals surface area contributed by atoms with Crippen molar-refractivity contribution in [3.8, 4) is 62.7 Å². The van der Waals surface area contributed by atoms with Gasteiger partial charge < -0.3 is 48.5 Å². The lowest BCUT2D eigenvalue weighted by molar-refractivity contribution is -0.132. The van der Waals surface area contributed by atoms with Gasteiger partial charge in [-0.05, 0) is 242 Å². The number of carbonyl (C=O) groups is 6. The predicted molar refractivity (Wildman–Crippen MR) is 400 cm³/mol. The number of hydrogen-bond donors (Lipinski definition) is 4. The van der Waals surface area contributed by atoms with Crippen LogP contribution in [0, 0.1) is 41.5 Å². The van der Waals surface area contributed by atoms with Crippen LogP contribution in [0.25, 0.3) is 98.1 Å². The number of aromatic carboxylic acids is 1. The molecule has 4 aliphatic heterocycles. The Morgan fingerprint density at radius 1 is 0.362 bits per heavy atom. The van der Waals surface area contributed by atoms with Gasteiger partial charge in [-0.25, -0.2) is 19.2 Å². The lowest BCUT2D eigenvalue weighted by Gasteiger charge is -2.36. The normalized spacial score (nSPS) is 12.9. The Hall–Kier alpha value is -13.7. The van der Waals surface area contributed by atoms with Gasteiger partial charge in [-0.3, -0.25) is 14.4 Å². The second-order valence-electron chi connectivity index (χ2n) is 26.2. The Bertz CT molecular complexity index is 6230. The van der Waals surface area contributed by atoms with Gasteiger partial charge in [-0.15, -0.1) is 0 Å². The molecule has 4 heterocycles. The number of cyclic esters (lactones) is 2. The number of esters is 5. The van der Waals surface area contributed by atoms with Crippen molar-refractivity contribution in [2.24, 2.45) is 0 Å². The smallest absolute Gasteiger partial charge is 0.346 e. The zero-order valence-electron chi connectivity index (χ0n) is 57.7. The minimum absolute atomic E-state index is 0.0136. The van der Waals surface area contributed by atoms with E-state index in [9.17, 15) is 43.8 Å². The number of carboxylic acids is 1. The molecule has 0 radical (unpaired) electrons. The molecule has 0 atom stereocenters. The monoisotopic (exact) mass is 1390 g/mol. The van der Waals surface area contributed by atoms with Crippen LogP contribution in [0.5, 0.6) is 40.2 Å². The molecule has 13 aromatic carbocycles. The molecule has 0 amide bonds. The van der Waals surface area contributed by atoms with Crippen LogP contribution in [0.15, 0.2) is 215 Å². The number of phenolic OH excluding ortho intramolecular Hbond substituents is 3. The van der Waals surface area contributed by atoms with Crippen molar-refractivity contribution in [2.45, 2.75) is 61.0 Å². The number of carboxylic acid groups (broad SMARTS) is 1. The summed E-state index contributed by atoms with van der Waals surface area (Å²) in [4.78, 5) is 85.2. The van der Waals surface area contributed by atoms with Crippen LogP contribution in [0.3, 0.4) is 0 Å². The molecule has 17 heteroatoms. The van der Waals surface area contributed by atoms with Crippen LogP contribution in [-0.4, -0.2) is 56.2 Å². The highest BCUT2D eigenvalue weighted by Crippen LogP contribution is 2.58. The summed E-state index contributed by atoms with van der Waals surface area (Å²) in [6.07, 6.45) is 0. The second kappa shape index (κ2) is 25.7. The van der Waals surface area contributed by atoms with Gasteiger partial charge >= 0.3 is 35.8 Å². The van der Waals surface area contributed by atoms with E-state index < -0.39 is 41.4 Å². The van der Waals surface area contributed by atoms with E-state index in [-0.39, 0.29) is 39.7 Å². The molecule has 516 valence electrons. The predicted octanol–water partition coefficient (Wildman–Crippen LogP) is 18.9. The van der Waals surface area contributed by atoms with Crippen LogP contribution >= 0.6 is 0 Å². The summed E-state index contributed by atoms with van der Waals surface area (Å²) < 4.78 is 33.9. The Kier molecular flexibility index (Phi) is 16.5. The first-order valence-electron chi connectivity index (χ1n) is 33.5. The Balaban J connectivity index is 0.000000125. The van der Waals surface area contributed by atoms with Gasteiger partial charge in [0.15, 0.2) is 11.0 Å². The third-order valence-corrected chi connectivity index (χ3v) is 20.0. The zero-order valence-corrected chi connectivity index (χ0v) is 57.7. The molecule has 0 unspecified atom stereocenters. The molecule has 0 fully saturated rings. The number of aromatic hydroxyl groups is 3. The highest BCUT2D eigenvalue weighted by Gasteiger charge is 2.54. The first-order chi connectivity index (χ1) is 50.4. The molecule has 17 nitrogen and oxygen atoms in total. The molecule has 18 rings (SSSR count). The maximum absolute atomic E-state index is 13.7. The maximum atomic E-state index is 13.7. The minimum Gasteiger partial charge on any atom is -0.508 e. The van der Waals surface area contributed by atoms with E-state index >= 15 is 0 Å².